The molecule has 0 saturated carbocycles. The molecule has 162 valence electrons. The Bertz CT molecular complexity index is 1100. The van der Waals surface area contributed by atoms with Crippen LogP contribution in [0, 0.1) is 0 Å². The summed E-state index contributed by atoms with van der Waals surface area (Å²) in [5, 5.41) is 21.1. The van der Waals surface area contributed by atoms with Crippen LogP contribution in [0.15, 0.2) is 109 Å². The molecule has 5 nitrogen and oxygen atoms in total. The molecule has 6 heteroatoms. The topological polar surface area (TPSA) is 81.6 Å². The predicted octanol–water partition coefficient (Wildman–Crippen LogP) is 5.01. The molecule has 0 heterocycles. The second kappa shape index (κ2) is 10.6. The summed E-state index contributed by atoms with van der Waals surface area (Å²) in [6.45, 7) is 0.334. The minimum absolute atomic E-state index is 0. The largest absolute Gasteiger partial charge is 2.00 e. The van der Waals surface area contributed by atoms with Crippen molar-refractivity contribution in [1.82, 2.24) is 0 Å². The molecular weight excluding hydrogens is 446 g/mol. The Balaban J connectivity index is 0.000000274. The van der Waals surface area contributed by atoms with Crippen LogP contribution in [0.4, 0.5) is 10.5 Å². The standard InChI is InChI=1S/C20H16NO2.C6H6O2.Fe/c22-20(21-14-7-1-2-8-14)23-13-19-17-11-5-3-9-15(17)16-10-4-6-12-18(16)19;7-6(8)5-3-1-2-4-5;/h1-12,19H,13H2,(H,21,22);1-4,7-8H;/q-1;;+2/p-1. The van der Waals surface area contributed by atoms with Gasteiger partial charge in [-0.1, -0.05) is 78.5 Å². The van der Waals surface area contributed by atoms with E-state index in [1.807, 2.05) is 48.5 Å². The first-order chi connectivity index (χ1) is 15.1. The van der Waals surface area contributed by atoms with E-state index in [1.54, 1.807) is 24.3 Å². The van der Waals surface area contributed by atoms with Crippen molar-refractivity contribution in [3.8, 4) is 11.1 Å². The molecule has 0 unspecified atom stereocenters. The third-order valence-corrected chi connectivity index (χ3v) is 5.16. The molecule has 0 radical (unpaired) electrons. The minimum atomic E-state index is -0.866. The van der Waals surface area contributed by atoms with E-state index in [9.17, 15) is 9.90 Å². The maximum Gasteiger partial charge on any atom is 2.00 e. The van der Waals surface area contributed by atoms with E-state index in [0.717, 1.165) is 5.69 Å². The smallest absolute Gasteiger partial charge is 0.629 e. The predicted molar refractivity (Wildman–Crippen MR) is 119 cm³/mol. The second-order valence-electron chi connectivity index (χ2n) is 7.10. The first-order valence-electron chi connectivity index (χ1n) is 9.92. The molecule has 0 fully saturated rings. The Morgan fingerprint density at radius 1 is 0.969 bits per heavy atom. The van der Waals surface area contributed by atoms with E-state index in [0.29, 0.717) is 12.2 Å². The SMILES string of the molecule is O=C(Nc1ccc[cH-]1)OCC1c2ccccc2-c2ccccc21.[Fe+2].[O-]C(O)=C1C=CC=C1. The van der Waals surface area contributed by atoms with Gasteiger partial charge in [-0.25, -0.2) is 10.9 Å². The van der Waals surface area contributed by atoms with Gasteiger partial charge in [-0.05, 0) is 27.8 Å². The maximum atomic E-state index is 12.0. The molecule has 0 aromatic heterocycles. The zero-order chi connectivity index (χ0) is 21.6. The van der Waals surface area contributed by atoms with Crippen LogP contribution in [0.1, 0.15) is 17.0 Å². The quantitative estimate of drug-likeness (QED) is 0.323. The van der Waals surface area contributed by atoms with Crippen LogP contribution in [0.5, 0.6) is 0 Å². The molecule has 0 atom stereocenters. The zero-order valence-corrected chi connectivity index (χ0v) is 18.2. The number of hydrogen-bond donors (Lipinski definition) is 2. The van der Waals surface area contributed by atoms with Gasteiger partial charge in [0.25, 0.3) is 0 Å². The number of aliphatic hydroxyl groups is 1. The molecule has 2 aliphatic rings. The van der Waals surface area contributed by atoms with Gasteiger partial charge in [0.15, 0.2) is 0 Å². The van der Waals surface area contributed by atoms with E-state index in [-0.39, 0.29) is 23.0 Å². The average Bonchev–Trinajstić information content (AvgIpc) is 3.54. The number of nitrogens with one attached hydrogen (secondary N) is 1. The van der Waals surface area contributed by atoms with Crippen molar-refractivity contribution >= 4 is 11.8 Å². The number of anilines is 1. The van der Waals surface area contributed by atoms with E-state index >= 15 is 0 Å². The summed E-state index contributed by atoms with van der Waals surface area (Å²) in [4.78, 5) is 12.0. The molecule has 2 aliphatic carbocycles. The molecule has 32 heavy (non-hydrogen) atoms. The van der Waals surface area contributed by atoms with Gasteiger partial charge in [-0.2, -0.15) is 12.1 Å². The molecule has 3 aromatic carbocycles. The average molecular weight is 467 g/mol. The second-order valence-corrected chi connectivity index (χ2v) is 7.10. The van der Waals surface area contributed by atoms with Gasteiger partial charge < -0.3 is 20.3 Å². The van der Waals surface area contributed by atoms with Crippen molar-refractivity contribution in [2.24, 2.45) is 0 Å². The van der Waals surface area contributed by atoms with Crippen LogP contribution >= 0.6 is 0 Å². The van der Waals surface area contributed by atoms with Gasteiger partial charge in [0.05, 0.1) is 5.95 Å². The van der Waals surface area contributed by atoms with E-state index < -0.39 is 12.0 Å². The van der Waals surface area contributed by atoms with Crippen LogP contribution in [0.3, 0.4) is 0 Å². The third-order valence-electron chi connectivity index (χ3n) is 5.16. The Morgan fingerprint density at radius 3 is 2.06 bits per heavy atom. The Labute approximate surface area is 197 Å². The van der Waals surface area contributed by atoms with E-state index in [1.165, 1.54) is 22.3 Å². The number of benzene rings is 2. The molecular formula is C26H21FeNO4. The number of carbonyl (C=O) groups excluding carboxylic acids is 1. The summed E-state index contributed by atoms with van der Waals surface area (Å²) >= 11 is 0. The van der Waals surface area contributed by atoms with Crippen LogP contribution in [0.2, 0.25) is 0 Å². The fourth-order valence-corrected chi connectivity index (χ4v) is 3.73. The molecule has 0 bridgehead atoms. The van der Waals surface area contributed by atoms with Crippen molar-refractivity contribution in [2.45, 2.75) is 5.92 Å². The fourth-order valence-electron chi connectivity index (χ4n) is 3.73. The van der Waals surface area contributed by atoms with Gasteiger partial charge in [-0.15, -0.1) is 6.07 Å². The minimum Gasteiger partial charge on any atom is -0.629 e. The molecule has 5 rings (SSSR count). The van der Waals surface area contributed by atoms with E-state index in [4.69, 9.17) is 9.84 Å². The van der Waals surface area contributed by atoms with Gasteiger partial charge >= 0.3 is 23.2 Å². The van der Waals surface area contributed by atoms with Crippen LogP contribution < -0.4 is 10.4 Å². The number of ether oxygens (including phenoxy) is 1. The van der Waals surface area contributed by atoms with Gasteiger partial charge in [-0.3, -0.25) is 0 Å². The van der Waals surface area contributed by atoms with E-state index in [2.05, 4.69) is 29.6 Å². The Kier molecular flexibility index (Phi) is 7.66. The van der Waals surface area contributed by atoms with Crippen LogP contribution in [0.25, 0.3) is 11.1 Å². The maximum absolute atomic E-state index is 12.0. The Morgan fingerprint density at radius 2 is 1.56 bits per heavy atom. The summed E-state index contributed by atoms with van der Waals surface area (Å²) in [5.41, 5.74) is 6.00. The zero-order valence-electron chi connectivity index (χ0n) is 17.0. The van der Waals surface area contributed by atoms with Crippen molar-refractivity contribution in [2.75, 3.05) is 11.9 Å². The number of hydrogen-bond acceptors (Lipinski definition) is 4. The summed E-state index contributed by atoms with van der Waals surface area (Å²) in [7, 11) is 0. The first kappa shape index (κ1) is 23.1. The first-order valence-corrected chi connectivity index (χ1v) is 9.92. The van der Waals surface area contributed by atoms with Crippen molar-refractivity contribution in [3.63, 3.8) is 0 Å². The number of aliphatic hydroxyl groups excluding tert-OH is 1. The monoisotopic (exact) mass is 467 g/mol. The van der Waals surface area contributed by atoms with Crippen molar-refractivity contribution < 1.29 is 36.8 Å². The molecule has 2 N–H and O–H groups in total. The summed E-state index contributed by atoms with van der Waals surface area (Å²) in [6, 6.07) is 24.0. The normalized spacial score (nSPS) is 12.8. The van der Waals surface area contributed by atoms with Gasteiger partial charge in [0, 0.05) is 5.92 Å². The molecule has 0 saturated heterocycles. The summed E-state index contributed by atoms with van der Waals surface area (Å²) in [5.74, 6) is -0.775. The summed E-state index contributed by atoms with van der Waals surface area (Å²) < 4.78 is 5.46. The third kappa shape index (κ3) is 5.17. The number of fused-ring (bicyclic) bond motifs is 3. The number of carbonyl (C=O) groups is 1. The molecule has 0 aliphatic heterocycles. The summed E-state index contributed by atoms with van der Waals surface area (Å²) in [6.07, 6.45) is 6.09. The Hall–Kier alpha value is -3.60. The molecule has 3 aromatic rings. The van der Waals surface area contributed by atoms with Crippen molar-refractivity contribution in [1.29, 1.82) is 0 Å². The van der Waals surface area contributed by atoms with Crippen molar-refractivity contribution in [3.05, 3.63) is 120 Å². The fraction of sp³-hybridized carbons (Fsp3) is 0.0769. The molecule has 0 spiro atoms. The molecule has 1 amide bonds. The van der Waals surface area contributed by atoms with Crippen LogP contribution in [-0.4, -0.2) is 17.8 Å². The number of allylic oxidation sites excluding steroid dienone is 5. The van der Waals surface area contributed by atoms with Gasteiger partial charge in [0.1, 0.15) is 6.61 Å². The van der Waals surface area contributed by atoms with Crippen LogP contribution in [-0.2, 0) is 21.8 Å². The van der Waals surface area contributed by atoms with Gasteiger partial charge in [0.2, 0.25) is 0 Å². The number of rotatable bonds is 3. The number of amides is 1.